The molecule has 1 saturated heterocycles. The fourth-order valence-electron chi connectivity index (χ4n) is 4.03. The van der Waals surface area contributed by atoms with E-state index in [9.17, 15) is 35.1 Å². The summed E-state index contributed by atoms with van der Waals surface area (Å²) in [6.07, 6.45) is -8.14. The SMILES string of the molecule is COc1cc2cc(Oc3ccc4ccc(=O)oc4c3)c(=O)oc2c(OC2OC(CO)C(O)C(O)C2O)c1O. The molecule has 1 aliphatic heterocycles. The van der Waals surface area contributed by atoms with Crippen molar-refractivity contribution >= 4 is 21.9 Å². The van der Waals surface area contributed by atoms with Crippen LogP contribution in [0.2, 0.25) is 0 Å². The summed E-state index contributed by atoms with van der Waals surface area (Å²) in [4.78, 5) is 24.3. The highest BCUT2D eigenvalue weighted by Crippen LogP contribution is 2.44. The molecule has 38 heavy (non-hydrogen) atoms. The molecule has 0 radical (unpaired) electrons. The van der Waals surface area contributed by atoms with Gasteiger partial charge >= 0.3 is 11.3 Å². The molecule has 200 valence electrons. The van der Waals surface area contributed by atoms with E-state index in [-0.39, 0.29) is 33.8 Å². The number of hydrogen-bond acceptors (Lipinski definition) is 13. The minimum atomic E-state index is -1.80. The van der Waals surface area contributed by atoms with Crippen molar-refractivity contribution in [1.82, 2.24) is 0 Å². The van der Waals surface area contributed by atoms with E-state index in [2.05, 4.69) is 0 Å². The predicted molar refractivity (Wildman–Crippen MR) is 128 cm³/mol. The van der Waals surface area contributed by atoms with Crippen molar-refractivity contribution in [3.8, 4) is 28.7 Å². The van der Waals surface area contributed by atoms with Gasteiger partial charge < -0.3 is 53.3 Å². The number of methoxy groups -OCH3 is 1. The van der Waals surface area contributed by atoms with Crippen LogP contribution in [0.4, 0.5) is 0 Å². The zero-order chi connectivity index (χ0) is 27.1. The Morgan fingerprint density at radius 3 is 2.37 bits per heavy atom. The molecular weight excluding hydrogens is 508 g/mol. The van der Waals surface area contributed by atoms with Crippen LogP contribution >= 0.6 is 0 Å². The first-order chi connectivity index (χ1) is 18.2. The minimum absolute atomic E-state index is 0.107. The van der Waals surface area contributed by atoms with Gasteiger partial charge in [0.05, 0.1) is 13.7 Å². The Kier molecular flexibility index (Phi) is 6.69. The Morgan fingerprint density at radius 2 is 1.63 bits per heavy atom. The lowest BCUT2D eigenvalue weighted by atomic mass is 9.99. The summed E-state index contributed by atoms with van der Waals surface area (Å²) in [6, 6.07) is 10.1. The number of benzene rings is 2. The largest absolute Gasteiger partial charge is 0.502 e. The number of aliphatic hydroxyl groups is 4. The van der Waals surface area contributed by atoms with Crippen LogP contribution in [0.15, 0.2) is 60.9 Å². The molecule has 5 atom stereocenters. The number of rotatable bonds is 6. The quantitative estimate of drug-likeness (QED) is 0.217. The number of aromatic hydroxyl groups is 1. The lowest BCUT2D eigenvalue weighted by Gasteiger charge is -2.39. The summed E-state index contributed by atoms with van der Waals surface area (Å²) in [5.74, 6) is -1.29. The Labute approximate surface area is 212 Å². The van der Waals surface area contributed by atoms with Crippen LogP contribution in [-0.2, 0) is 4.74 Å². The van der Waals surface area contributed by atoms with Gasteiger partial charge in [-0.2, -0.15) is 0 Å². The predicted octanol–water partition coefficient (Wildman–Crippen LogP) is 0.585. The van der Waals surface area contributed by atoms with Gasteiger partial charge in [-0.1, -0.05) is 0 Å². The van der Waals surface area contributed by atoms with E-state index >= 15 is 0 Å². The highest BCUT2D eigenvalue weighted by atomic mass is 16.7. The van der Waals surface area contributed by atoms with Crippen molar-refractivity contribution in [2.45, 2.75) is 30.7 Å². The molecule has 0 aliphatic carbocycles. The van der Waals surface area contributed by atoms with Gasteiger partial charge in [-0.05, 0) is 30.3 Å². The molecule has 5 rings (SSSR count). The maximum atomic E-state index is 12.8. The Morgan fingerprint density at radius 1 is 0.895 bits per heavy atom. The molecule has 1 aliphatic rings. The third kappa shape index (κ3) is 4.53. The highest BCUT2D eigenvalue weighted by Gasteiger charge is 2.45. The van der Waals surface area contributed by atoms with E-state index in [1.54, 1.807) is 18.2 Å². The molecule has 13 heteroatoms. The molecule has 5 unspecified atom stereocenters. The second kappa shape index (κ2) is 9.96. The zero-order valence-electron chi connectivity index (χ0n) is 19.6. The molecule has 5 N–H and O–H groups in total. The molecule has 0 spiro atoms. The standard InChI is InChI=1S/C25H22O13/c1-33-14-6-11-7-15(34-12-4-2-10-3-5-17(27)35-13(10)8-12)24(32)37-22(11)23(19(14)29)38-25-21(31)20(30)18(28)16(9-26)36-25/h2-8,16,18,20-21,25-26,28-31H,9H2,1H3. The van der Waals surface area contributed by atoms with Crippen LogP contribution in [-0.4, -0.2) is 70.0 Å². The molecule has 2 aromatic heterocycles. The Balaban J connectivity index is 1.54. The maximum Gasteiger partial charge on any atom is 0.379 e. The summed E-state index contributed by atoms with van der Waals surface area (Å²) < 4.78 is 32.2. The molecule has 13 nitrogen and oxygen atoms in total. The van der Waals surface area contributed by atoms with Gasteiger partial charge in [0.1, 0.15) is 35.7 Å². The Bertz CT molecular complexity index is 1610. The Hall–Kier alpha value is -4.14. The van der Waals surface area contributed by atoms with Crippen molar-refractivity contribution in [2.75, 3.05) is 13.7 Å². The molecule has 0 amide bonds. The second-order valence-electron chi connectivity index (χ2n) is 8.44. The lowest BCUT2D eigenvalue weighted by molar-refractivity contribution is -0.277. The van der Waals surface area contributed by atoms with Crippen LogP contribution in [0.5, 0.6) is 28.7 Å². The third-order valence-electron chi connectivity index (χ3n) is 6.01. The van der Waals surface area contributed by atoms with E-state index in [1.165, 1.54) is 31.4 Å². The van der Waals surface area contributed by atoms with E-state index in [0.717, 1.165) is 0 Å². The van der Waals surface area contributed by atoms with Gasteiger partial charge in [0.15, 0.2) is 11.3 Å². The second-order valence-corrected chi connectivity index (χ2v) is 8.44. The first-order valence-corrected chi connectivity index (χ1v) is 11.3. The van der Waals surface area contributed by atoms with Crippen molar-refractivity contribution < 1.29 is 53.3 Å². The van der Waals surface area contributed by atoms with Gasteiger partial charge in [-0.15, -0.1) is 0 Å². The first kappa shape index (κ1) is 25.5. The number of ether oxygens (including phenoxy) is 4. The van der Waals surface area contributed by atoms with Crippen LogP contribution < -0.4 is 25.5 Å². The topological polar surface area (TPSA) is 198 Å². The fraction of sp³-hybridized carbons (Fsp3) is 0.280. The molecule has 3 heterocycles. The number of fused-ring (bicyclic) bond motifs is 2. The summed E-state index contributed by atoms with van der Waals surface area (Å²) >= 11 is 0. The van der Waals surface area contributed by atoms with Crippen molar-refractivity contribution in [3.05, 3.63) is 63.3 Å². The number of phenols is 1. The van der Waals surface area contributed by atoms with Gasteiger partial charge in [-0.3, -0.25) is 0 Å². The molecule has 0 bridgehead atoms. The summed E-state index contributed by atoms with van der Waals surface area (Å²) in [6.45, 7) is -0.705. The number of aliphatic hydroxyl groups excluding tert-OH is 4. The fourth-order valence-corrected chi connectivity index (χ4v) is 4.03. The molecule has 4 aromatic rings. The van der Waals surface area contributed by atoms with Crippen molar-refractivity contribution in [3.63, 3.8) is 0 Å². The summed E-state index contributed by atoms with van der Waals surface area (Å²) in [7, 11) is 1.26. The molecule has 1 fully saturated rings. The van der Waals surface area contributed by atoms with Gasteiger partial charge in [0, 0.05) is 22.9 Å². The minimum Gasteiger partial charge on any atom is -0.502 e. The number of hydrogen-bond donors (Lipinski definition) is 5. The van der Waals surface area contributed by atoms with Crippen molar-refractivity contribution in [2.24, 2.45) is 0 Å². The van der Waals surface area contributed by atoms with E-state index in [1.807, 2.05) is 0 Å². The average Bonchev–Trinajstić information content (AvgIpc) is 2.90. The van der Waals surface area contributed by atoms with Crippen molar-refractivity contribution in [1.29, 1.82) is 0 Å². The third-order valence-corrected chi connectivity index (χ3v) is 6.01. The van der Waals surface area contributed by atoms with E-state index in [0.29, 0.717) is 5.39 Å². The molecule has 0 saturated carbocycles. The summed E-state index contributed by atoms with van der Waals surface area (Å²) in [5, 5.41) is 51.3. The van der Waals surface area contributed by atoms with Gasteiger partial charge in [0.25, 0.3) is 0 Å². The van der Waals surface area contributed by atoms with E-state index in [4.69, 9.17) is 27.8 Å². The molecular formula is C25H22O13. The lowest BCUT2D eigenvalue weighted by Crippen LogP contribution is -2.60. The van der Waals surface area contributed by atoms with Crippen LogP contribution in [0.1, 0.15) is 0 Å². The average molecular weight is 530 g/mol. The zero-order valence-corrected chi connectivity index (χ0v) is 19.6. The monoisotopic (exact) mass is 530 g/mol. The van der Waals surface area contributed by atoms with Crippen LogP contribution in [0, 0.1) is 0 Å². The molecule has 2 aromatic carbocycles. The highest BCUT2D eigenvalue weighted by molar-refractivity contribution is 5.88. The smallest absolute Gasteiger partial charge is 0.379 e. The van der Waals surface area contributed by atoms with Crippen LogP contribution in [0.3, 0.4) is 0 Å². The van der Waals surface area contributed by atoms with Gasteiger partial charge in [-0.25, -0.2) is 9.59 Å². The van der Waals surface area contributed by atoms with Gasteiger partial charge in [0.2, 0.25) is 23.5 Å². The summed E-state index contributed by atoms with van der Waals surface area (Å²) in [5.41, 5.74) is -1.57. The normalized spacial score (nSPS) is 23.4. The first-order valence-electron chi connectivity index (χ1n) is 11.3. The number of phenolic OH excluding ortho intramolecular Hbond substituents is 1. The van der Waals surface area contributed by atoms with Crippen LogP contribution in [0.25, 0.3) is 21.9 Å². The maximum absolute atomic E-state index is 12.8. The van der Waals surface area contributed by atoms with E-state index < -0.39 is 60.1 Å².